The van der Waals surface area contributed by atoms with E-state index in [9.17, 15) is 9.59 Å². The number of hydrogen-bond acceptors (Lipinski definition) is 5. The molecule has 3 atom stereocenters. The molecule has 1 saturated carbocycles. The normalized spacial score (nSPS) is 25.5. The van der Waals surface area contributed by atoms with Crippen LogP contribution in [0, 0.1) is 5.92 Å². The van der Waals surface area contributed by atoms with Crippen molar-refractivity contribution >= 4 is 42.4 Å². The maximum Gasteiger partial charge on any atom is 0.237 e. The second-order valence-electron chi connectivity index (χ2n) is 8.20. The summed E-state index contributed by atoms with van der Waals surface area (Å²) in [5.74, 6) is 1.80. The van der Waals surface area contributed by atoms with Gasteiger partial charge in [-0.15, -0.1) is 24.8 Å². The Labute approximate surface area is 191 Å². The van der Waals surface area contributed by atoms with Crippen molar-refractivity contribution in [2.24, 2.45) is 5.92 Å². The maximum atomic E-state index is 12.5. The lowest BCUT2D eigenvalue weighted by atomic mass is 9.85. The molecule has 0 aromatic carbocycles. The van der Waals surface area contributed by atoms with E-state index < -0.39 is 0 Å². The van der Waals surface area contributed by atoms with E-state index in [1.54, 1.807) is 6.20 Å². The average molecular weight is 458 g/mol. The monoisotopic (exact) mass is 457 g/mol. The molecule has 2 aliphatic heterocycles. The van der Waals surface area contributed by atoms with Crippen LogP contribution >= 0.6 is 24.8 Å². The molecule has 9 heteroatoms. The molecule has 3 aliphatic rings. The molecule has 1 aromatic rings. The van der Waals surface area contributed by atoms with E-state index in [2.05, 4.69) is 20.5 Å². The van der Waals surface area contributed by atoms with Crippen LogP contribution in [0.2, 0.25) is 0 Å². The van der Waals surface area contributed by atoms with Crippen molar-refractivity contribution in [1.29, 1.82) is 0 Å². The molecule has 3 heterocycles. The first-order chi connectivity index (χ1) is 13.7. The van der Waals surface area contributed by atoms with Gasteiger partial charge in [0.2, 0.25) is 11.8 Å². The van der Waals surface area contributed by atoms with Gasteiger partial charge in [0.25, 0.3) is 0 Å². The van der Waals surface area contributed by atoms with E-state index in [-0.39, 0.29) is 42.7 Å². The first-order valence-corrected chi connectivity index (χ1v) is 10.7. The molecule has 0 radical (unpaired) electrons. The van der Waals surface area contributed by atoms with Crippen molar-refractivity contribution in [2.45, 2.75) is 50.6 Å². The van der Waals surface area contributed by atoms with E-state index in [0.717, 1.165) is 25.3 Å². The molecule has 2 amide bonds. The molecule has 168 valence electrons. The molecule has 3 unspecified atom stereocenters. The van der Waals surface area contributed by atoms with Crippen molar-refractivity contribution in [3.63, 3.8) is 0 Å². The van der Waals surface area contributed by atoms with Gasteiger partial charge in [-0.25, -0.2) is 4.98 Å². The van der Waals surface area contributed by atoms with Crippen molar-refractivity contribution in [3.05, 3.63) is 24.4 Å². The fraction of sp³-hybridized carbons (Fsp3) is 0.667. The molecule has 2 N–H and O–H groups in total. The van der Waals surface area contributed by atoms with E-state index >= 15 is 0 Å². The minimum Gasteiger partial charge on any atom is -0.354 e. The zero-order chi connectivity index (χ0) is 19.3. The minimum absolute atomic E-state index is 0. The SMILES string of the molecule is Cl.Cl.O=C(NCCC(=O)N1CCN(c2ccccn2)CC1)C1CC2CCCCC2N1. The number of rotatable bonds is 5. The lowest BCUT2D eigenvalue weighted by Crippen LogP contribution is -2.50. The molecule has 2 saturated heterocycles. The minimum atomic E-state index is -0.0786. The van der Waals surface area contributed by atoms with Crippen molar-refractivity contribution in [1.82, 2.24) is 20.5 Å². The predicted molar refractivity (Wildman–Crippen MR) is 122 cm³/mol. The van der Waals surface area contributed by atoms with Crippen LogP contribution in [0.5, 0.6) is 0 Å². The van der Waals surface area contributed by atoms with Crippen molar-refractivity contribution in [3.8, 4) is 0 Å². The number of nitrogens with one attached hydrogen (secondary N) is 2. The van der Waals surface area contributed by atoms with E-state index in [0.29, 0.717) is 38.0 Å². The molecule has 7 nitrogen and oxygen atoms in total. The number of carbonyl (C=O) groups is 2. The topological polar surface area (TPSA) is 77.6 Å². The van der Waals surface area contributed by atoms with Gasteiger partial charge in [0.1, 0.15) is 5.82 Å². The number of fused-ring (bicyclic) bond motifs is 1. The standard InChI is InChI=1S/C21H31N5O2.2ClH/c27-20(26-13-11-25(12-14-26)19-7-3-4-9-22-19)8-10-23-21(28)18-15-16-5-1-2-6-17(16)24-18;;/h3-4,7,9,16-18,24H,1-2,5-6,8,10-15H2,(H,23,28);2*1H. The van der Waals surface area contributed by atoms with Crippen LogP contribution in [-0.2, 0) is 9.59 Å². The predicted octanol–water partition coefficient (Wildman–Crippen LogP) is 2.00. The Morgan fingerprint density at radius 2 is 1.87 bits per heavy atom. The average Bonchev–Trinajstić information content (AvgIpc) is 3.19. The van der Waals surface area contributed by atoms with Crippen LogP contribution in [0.3, 0.4) is 0 Å². The summed E-state index contributed by atoms with van der Waals surface area (Å²) in [5.41, 5.74) is 0. The number of nitrogens with zero attached hydrogens (tertiary/aromatic N) is 3. The molecule has 1 aromatic heterocycles. The highest BCUT2D eigenvalue weighted by Gasteiger charge is 2.38. The van der Waals surface area contributed by atoms with Crippen molar-refractivity contribution in [2.75, 3.05) is 37.6 Å². The summed E-state index contributed by atoms with van der Waals surface area (Å²) < 4.78 is 0. The summed E-state index contributed by atoms with van der Waals surface area (Å²) in [6, 6.07) is 6.33. The maximum absolute atomic E-state index is 12.5. The van der Waals surface area contributed by atoms with Gasteiger partial charge in [-0.05, 0) is 37.3 Å². The third-order valence-electron chi connectivity index (χ3n) is 6.42. The molecule has 0 spiro atoms. The van der Waals surface area contributed by atoms with Gasteiger partial charge in [0.05, 0.1) is 6.04 Å². The summed E-state index contributed by atoms with van der Waals surface area (Å²) >= 11 is 0. The number of aromatic nitrogens is 1. The summed E-state index contributed by atoms with van der Waals surface area (Å²) in [7, 11) is 0. The van der Waals surface area contributed by atoms with Crippen LogP contribution in [-0.4, -0.2) is 66.5 Å². The number of carbonyl (C=O) groups excluding carboxylic acids is 2. The van der Waals surface area contributed by atoms with E-state index in [1.165, 1.54) is 25.7 Å². The third-order valence-corrected chi connectivity index (χ3v) is 6.42. The van der Waals surface area contributed by atoms with Crippen LogP contribution < -0.4 is 15.5 Å². The molecular formula is C21H33Cl2N5O2. The van der Waals surface area contributed by atoms with Crippen LogP contribution in [0.1, 0.15) is 38.5 Å². The number of anilines is 1. The number of pyridine rings is 1. The second kappa shape index (κ2) is 11.7. The number of amides is 2. The Morgan fingerprint density at radius 3 is 2.57 bits per heavy atom. The fourth-order valence-corrected chi connectivity index (χ4v) is 4.82. The summed E-state index contributed by atoms with van der Waals surface area (Å²) in [5, 5.41) is 6.47. The van der Waals surface area contributed by atoms with Gasteiger partial charge in [-0.1, -0.05) is 18.9 Å². The Hall–Kier alpha value is -1.57. The number of halogens is 2. The van der Waals surface area contributed by atoms with Gasteiger partial charge in [0, 0.05) is 51.4 Å². The highest BCUT2D eigenvalue weighted by atomic mass is 35.5. The van der Waals surface area contributed by atoms with Gasteiger partial charge in [-0.2, -0.15) is 0 Å². The fourth-order valence-electron chi connectivity index (χ4n) is 4.82. The second-order valence-corrected chi connectivity index (χ2v) is 8.20. The molecular weight excluding hydrogens is 425 g/mol. The smallest absolute Gasteiger partial charge is 0.237 e. The third kappa shape index (κ3) is 5.99. The molecule has 4 rings (SSSR count). The van der Waals surface area contributed by atoms with Gasteiger partial charge < -0.3 is 20.4 Å². The summed E-state index contributed by atoms with van der Waals surface area (Å²) in [6.45, 7) is 3.42. The highest BCUT2D eigenvalue weighted by molar-refractivity contribution is 5.85. The Balaban J connectivity index is 0.00000160. The first-order valence-electron chi connectivity index (χ1n) is 10.7. The summed E-state index contributed by atoms with van der Waals surface area (Å²) in [6.07, 6.45) is 8.10. The van der Waals surface area contributed by atoms with Gasteiger partial charge in [0.15, 0.2) is 0 Å². The highest BCUT2D eigenvalue weighted by Crippen LogP contribution is 2.33. The number of hydrogen-bond donors (Lipinski definition) is 2. The van der Waals surface area contributed by atoms with E-state index in [1.807, 2.05) is 23.1 Å². The molecule has 0 bridgehead atoms. The quantitative estimate of drug-likeness (QED) is 0.706. The number of piperazine rings is 1. The van der Waals surface area contributed by atoms with Crippen LogP contribution in [0.15, 0.2) is 24.4 Å². The first kappa shape index (κ1) is 24.7. The lowest BCUT2D eigenvalue weighted by Gasteiger charge is -2.35. The summed E-state index contributed by atoms with van der Waals surface area (Å²) in [4.78, 5) is 33.4. The van der Waals surface area contributed by atoms with Crippen molar-refractivity contribution < 1.29 is 9.59 Å². The zero-order valence-electron chi connectivity index (χ0n) is 17.3. The van der Waals surface area contributed by atoms with E-state index in [4.69, 9.17) is 0 Å². The Bertz CT molecular complexity index is 671. The lowest BCUT2D eigenvalue weighted by molar-refractivity contribution is -0.131. The molecule has 30 heavy (non-hydrogen) atoms. The molecule has 3 fully saturated rings. The Morgan fingerprint density at radius 1 is 1.10 bits per heavy atom. The zero-order valence-corrected chi connectivity index (χ0v) is 18.9. The van der Waals surface area contributed by atoms with Crippen LogP contribution in [0.4, 0.5) is 5.82 Å². The molecule has 1 aliphatic carbocycles. The van der Waals surface area contributed by atoms with Gasteiger partial charge >= 0.3 is 0 Å². The largest absolute Gasteiger partial charge is 0.354 e. The van der Waals surface area contributed by atoms with Crippen LogP contribution in [0.25, 0.3) is 0 Å². The van der Waals surface area contributed by atoms with Gasteiger partial charge in [-0.3, -0.25) is 9.59 Å². The Kier molecular flexibility index (Phi) is 9.65.